The second-order valence-corrected chi connectivity index (χ2v) is 36.7. The van der Waals surface area contributed by atoms with E-state index in [4.69, 9.17) is 20.6 Å². The van der Waals surface area contributed by atoms with Gasteiger partial charge >= 0.3 is 34.2 Å². The lowest BCUT2D eigenvalue weighted by atomic mass is 10.4. The maximum Gasteiger partial charge on any atom is 0.352 e. The Kier molecular flexibility index (Phi) is 12.6. The van der Waals surface area contributed by atoms with Gasteiger partial charge in [-0.05, 0) is 83.5 Å². The van der Waals surface area contributed by atoms with Gasteiger partial charge in [-0.1, -0.05) is 182 Å². The molecule has 0 aliphatic heterocycles. The van der Waals surface area contributed by atoms with Crippen LogP contribution in [0.15, 0.2) is 182 Å². The summed E-state index contributed by atoms with van der Waals surface area (Å²) in [7, 11) is -18.2. The van der Waals surface area contributed by atoms with Crippen molar-refractivity contribution >= 4 is 82.0 Å². The Hall–Kier alpha value is -3.58. The molecule has 284 valence electrons. The molecule has 0 radical (unpaired) electrons. The number of benzene rings is 6. The average molecular weight is 831 g/mol. The first kappa shape index (κ1) is 41.1. The van der Waals surface area contributed by atoms with Gasteiger partial charge in [-0.15, -0.1) is 0 Å². The summed E-state index contributed by atoms with van der Waals surface area (Å²) in [4.78, 5) is 0. The van der Waals surface area contributed by atoms with Crippen molar-refractivity contribution in [3.63, 3.8) is 0 Å². The third-order valence-corrected chi connectivity index (χ3v) is 35.7. The summed E-state index contributed by atoms with van der Waals surface area (Å²) >= 11 is 0. The lowest BCUT2D eigenvalue weighted by Crippen LogP contribution is -2.73. The van der Waals surface area contributed by atoms with Gasteiger partial charge in [0.1, 0.15) is 0 Å². The lowest BCUT2D eigenvalue weighted by Gasteiger charge is -2.47. The van der Waals surface area contributed by atoms with Gasteiger partial charge in [0.25, 0.3) is 0 Å². The zero-order valence-corrected chi connectivity index (χ0v) is 39.4. The molecular weight excluding hydrogens is 777 g/mol. The molecule has 0 saturated carbocycles. The minimum Gasteiger partial charge on any atom is -0.429 e. The van der Waals surface area contributed by atoms with Crippen molar-refractivity contribution in [2.45, 2.75) is 52.4 Å². The Morgan fingerprint density at radius 2 is 0.382 bits per heavy atom. The predicted molar refractivity (Wildman–Crippen MR) is 243 cm³/mol. The Balaban J connectivity index is 1.50. The molecule has 0 fully saturated rings. The molecule has 0 spiro atoms. The molecule has 5 nitrogen and oxygen atoms in total. The summed E-state index contributed by atoms with van der Waals surface area (Å²) in [5.74, 6) is 0. The van der Waals surface area contributed by atoms with Gasteiger partial charge in [0.2, 0.25) is 16.6 Å². The summed E-state index contributed by atoms with van der Waals surface area (Å²) in [6, 6.07) is 63.1. The van der Waals surface area contributed by atoms with Crippen LogP contribution >= 0.6 is 0 Å². The minimum absolute atomic E-state index is 1.02. The van der Waals surface area contributed by atoms with Crippen LogP contribution in [0.3, 0.4) is 0 Å². The summed E-state index contributed by atoms with van der Waals surface area (Å²) in [6.07, 6.45) is 0. The molecule has 0 saturated heterocycles. The lowest BCUT2D eigenvalue weighted by molar-refractivity contribution is 0.297. The molecular formula is C44H54O5Si6. The van der Waals surface area contributed by atoms with Gasteiger partial charge in [-0.2, -0.15) is 0 Å². The van der Waals surface area contributed by atoms with E-state index < -0.39 is 50.9 Å². The Labute approximate surface area is 335 Å². The van der Waals surface area contributed by atoms with Crippen LogP contribution in [-0.2, 0) is 20.6 Å². The number of rotatable bonds is 16. The second-order valence-electron chi connectivity index (χ2n) is 15.5. The Morgan fingerprint density at radius 3 is 0.582 bits per heavy atom. The molecule has 0 aromatic heterocycles. The minimum atomic E-state index is -3.41. The van der Waals surface area contributed by atoms with E-state index >= 15 is 0 Å². The highest BCUT2D eigenvalue weighted by atomic mass is 28.5. The van der Waals surface area contributed by atoms with Gasteiger partial charge < -0.3 is 20.6 Å². The van der Waals surface area contributed by atoms with Crippen molar-refractivity contribution in [3.05, 3.63) is 182 Å². The van der Waals surface area contributed by atoms with E-state index in [0.29, 0.717) is 0 Å². The molecule has 0 aliphatic rings. The van der Waals surface area contributed by atoms with E-state index in [0.717, 1.165) is 20.7 Å². The third kappa shape index (κ3) is 9.70. The first-order valence-corrected chi connectivity index (χ1v) is 34.1. The van der Waals surface area contributed by atoms with E-state index in [-0.39, 0.29) is 0 Å². The quantitative estimate of drug-likeness (QED) is 0.0967. The van der Waals surface area contributed by atoms with Crippen molar-refractivity contribution in [2.75, 3.05) is 0 Å². The van der Waals surface area contributed by atoms with Crippen LogP contribution in [0.25, 0.3) is 0 Å². The van der Waals surface area contributed by atoms with Crippen LogP contribution in [0.5, 0.6) is 0 Å². The monoisotopic (exact) mass is 830 g/mol. The Morgan fingerprint density at radius 1 is 0.218 bits per heavy atom. The fourth-order valence-corrected chi connectivity index (χ4v) is 36.2. The molecule has 0 aliphatic carbocycles. The van der Waals surface area contributed by atoms with Gasteiger partial charge in [-0.3, -0.25) is 0 Å². The van der Waals surface area contributed by atoms with Crippen molar-refractivity contribution in [3.8, 4) is 0 Å². The maximum atomic E-state index is 7.85. The van der Waals surface area contributed by atoms with Crippen molar-refractivity contribution < 1.29 is 20.6 Å². The molecule has 6 aromatic carbocycles. The average Bonchev–Trinajstić information content (AvgIpc) is 3.19. The summed E-state index contributed by atoms with van der Waals surface area (Å²) in [5.41, 5.74) is 0. The largest absolute Gasteiger partial charge is 0.429 e. The molecule has 11 heteroatoms. The van der Waals surface area contributed by atoms with Crippen LogP contribution in [0.2, 0.25) is 52.4 Å². The highest BCUT2D eigenvalue weighted by Crippen LogP contribution is 2.29. The van der Waals surface area contributed by atoms with Crippen LogP contribution in [0.1, 0.15) is 0 Å². The highest BCUT2D eigenvalue weighted by molar-refractivity contribution is 7.04. The predicted octanol–water partition coefficient (Wildman–Crippen LogP) is 7.21. The molecule has 4 atom stereocenters. The van der Waals surface area contributed by atoms with Crippen LogP contribution in [0.4, 0.5) is 0 Å². The summed E-state index contributed by atoms with van der Waals surface area (Å²) in [5, 5.41) is 6.61. The molecule has 0 N–H and O–H groups in total. The fourth-order valence-electron chi connectivity index (χ4n) is 7.40. The van der Waals surface area contributed by atoms with Crippen molar-refractivity contribution in [1.29, 1.82) is 0 Å². The van der Waals surface area contributed by atoms with E-state index in [1.807, 2.05) is 24.3 Å². The molecule has 4 unspecified atom stereocenters. The normalized spacial score (nSPS) is 16.6. The van der Waals surface area contributed by atoms with Gasteiger partial charge in [0.15, 0.2) is 0 Å². The smallest absolute Gasteiger partial charge is 0.352 e. The van der Waals surface area contributed by atoms with Crippen molar-refractivity contribution in [1.82, 2.24) is 0 Å². The second kappa shape index (κ2) is 16.9. The Bertz CT molecular complexity index is 1950. The van der Waals surface area contributed by atoms with E-state index in [1.54, 1.807) is 0 Å². The zero-order chi connectivity index (χ0) is 39.2. The number of hydrogen-bond acceptors (Lipinski definition) is 5. The molecule has 6 rings (SSSR count). The number of hydrogen-bond donors (Lipinski definition) is 0. The first-order chi connectivity index (χ1) is 26.2. The van der Waals surface area contributed by atoms with E-state index in [2.05, 4.69) is 210 Å². The molecule has 55 heavy (non-hydrogen) atoms. The molecule has 0 heterocycles. The SMILES string of the molecule is C[Si](C)(O[Si](C)(O[Si](C)(O[Si](C)(O[Si](C)(O[Si](C)(C)c1ccccc1)c1ccccc1)c1ccccc1)c1ccccc1)c1ccccc1)c1ccccc1. The van der Waals surface area contributed by atoms with Gasteiger partial charge in [0, 0.05) is 0 Å². The van der Waals surface area contributed by atoms with Gasteiger partial charge in [0.05, 0.1) is 0 Å². The zero-order valence-electron chi connectivity index (χ0n) is 33.4. The standard InChI is InChI=1S/C44H54O5Si6/c1-50(2,39-27-15-9-16-28-39)45-52(5,41-31-19-11-20-32-41)47-54(7,43-35-23-13-24-36-43)49-55(8,44-37-25-14-26-38-44)48-53(6,42-33-21-12-22-34-42)46-51(3,4)40-29-17-10-18-30-40/h9-38H,1-8H3. The fraction of sp³-hybridized carbons (Fsp3) is 0.182. The topological polar surface area (TPSA) is 46.2 Å². The first-order valence-electron chi connectivity index (χ1n) is 19.0. The summed E-state index contributed by atoms with van der Waals surface area (Å²) < 4.78 is 38.4. The van der Waals surface area contributed by atoms with Crippen LogP contribution in [-0.4, -0.2) is 50.9 Å². The molecule has 0 bridgehead atoms. The highest BCUT2D eigenvalue weighted by Gasteiger charge is 2.56. The van der Waals surface area contributed by atoms with Gasteiger partial charge in [-0.25, -0.2) is 0 Å². The van der Waals surface area contributed by atoms with E-state index in [1.165, 1.54) is 10.4 Å². The summed E-state index contributed by atoms with van der Waals surface area (Å²) in [6.45, 7) is 17.8. The molecule has 0 amide bonds. The van der Waals surface area contributed by atoms with Crippen LogP contribution in [0, 0.1) is 0 Å². The maximum absolute atomic E-state index is 7.85. The van der Waals surface area contributed by atoms with Crippen LogP contribution < -0.4 is 31.1 Å². The third-order valence-electron chi connectivity index (χ3n) is 10.2. The van der Waals surface area contributed by atoms with E-state index in [9.17, 15) is 0 Å². The molecule has 6 aromatic rings. The van der Waals surface area contributed by atoms with Crippen molar-refractivity contribution in [2.24, 2.45) is 0 Å².